The summed E-state index contributed by atoms with van der Waals surface area (Å²) < 4.78 is 26.2. The first-order chi connectivity index (χ1) is 15.0. The van der Waals surface area contributed by atoms with Crippen LogP contribution in [-0.4, -0.2) is 56.8 Å². The quantitative estimate of drug-likeness (QED) is 0.439. The molecule has 1 aliphatic rings. The third-order valence-electron chi connectivity index (χ3n) is 4.68. The van der Waals surface area contributed by atoms with Gasteiger partial charge in [-0.25, -0.2) is 4.39 Å². The zero-order valence-corrected chi connectivity index (χ0v) is 16.3. The van der Waals surface area contributed by atoms with Crippen molar-refractivity contribution in [2.24, 2.45) is 0 Å². The lowest BCUT2D eigenvalue weighted by Gasteiger charge is -2.27. The van der Waals surface area contributed by atoms with Gasteiger partial charge in [-0.3, -0.25) is 4.79 Å². The van der Waals surface area contributed by atoms with Crippen molar-refractivity contribution in [3.8, 4) is 11.8 Å². The molecule has 160 valence electrons. The van der Waals surface area contributed by atoms with Gasteiger partial charge in [-0.15, -0.1) is 4.68 Å². The predicted octanol–water partition coefficient (Wildman–Crippen LogP) is 2.64. The summed E-state index contributed by atoms with van der Waals surface area (Å²) in [5.41, 5.74) is 0.525. The largest absolute Gasteiger partial charge is 0.494 e. The Morgan fingerprint density at radius 1 is 1.16 bits per heavy atom. The fourth-order valence-corrected chi connectivity index (χ4v) is 3.13. The molecule has 1 fully saturated rings. The molecule has 0 spiro atoms. The number of ether oxygens (including phenoxy) is 2. The molecule has 2 heterocycles. The molecule has 0 radical (unpaired) electrons. The van der Waals surface area contributed by atoms with Gasteiger partial charge in [-0.2, -0.15) is 0 Å². The minimum absolute atomic E-state index is 0.136. The minimum Gasteiger partial charge on any atom is -0.410 e. The molecule has 1 aliphatic heterocycles. The van der Waals surface area contributed by atoms with Gasteiger partial charge in [0.2, 0.25) is 0 Å². The van der Waals surface area contributed by atoms with Gasteiger partial charge in [0.1, 0.15) is 11.6 Å². The van der Waals surface area contributed by atoms with E-state index in [1.807, 2.05) is 0 Å². The van der Waals surface area contributed by atoms with E-state index < -0.39 is 16.7 Å². The second kappa shape index (κ2) is 8.88. The van der Waals surface area contributed by atoms with Crippen LogP contribution in [0, 0.1) is 15.9 Å². The third kappa shape index (κ3) is 4.51. The first-order valence-electron chi connectivity index (χ1n) is 9.49. The molecule has 1 aromatic heterocycles. The Kier molecular flexibility index (Phi) is 5.85. The maximum atomic E-state index is 14.1. The highest BCUT2D eigenvalue weighted by Gasteiger charge is 2.27. The number of carbonyl (C=O) groups is 1. The number of amides is 1. The topological polar surface area (TPSA) is 113 Å². The highest BCUT2D eigenvalue weighted by molar-refractivity contribution is 5.97. The number of carbonyl (C=O) groups excluding carboxylic acids is 1. The van der Waals surface area contributed by atoms with Crippen molar-refractivity contribution >= 4 is 11.9 Å². The maximum absolute atomic E-state index is 14.1. The molecule has 0 unspecified atom stereocenters. The van der Waals surface area contributed by atoms with Crippen molar-refractivity contribution in [1.82, 2.24) is 19.7 Å². The number of aromatic nitrogens is 3. The van der Waals surface area contributed by atoms with E-state index in [0.29, 0.717) is 26.3 Å². The Morgan fingerprint density at radius 2 is 1.87 bits per heavy atom. The van der Waals surface area contributed by atoms with Crippen LogP contribution in [0.15, 0.2) is 48.5 Å². The van der Waals surface area contributed by atoms with Gasteiger partial charge in [0, 0.05) is 23.8 Å². The van der Waals surface area contributed by atoms with Gasteiger partial charge in [-0.05, 0) is 28.1 Å². The Bertz CT molecular complexity index is 1110. The zero-order chi connectivity index (χ0) is 21.8. The van der Waals surface area contributed by atoms with Crippen LogP contribution in [0.2, 0.25) is 0 Å². The Morgan fingerprint density at radius 3 is 2.61 bits per heavy atom. The van der Waals surface area contributed by atoms with Gasteiger partial charge in [0.25, 0.3) is 5.91 Å². The highest BCUT2D eigenvalue weighted by Crippen LogP contribution is 2.27. The number of rotatable bonds is 6. The van der Waals surface area contributed by atoms with Crippen LogP contribution in [0.25, 0.3) is 0 Å². The fraction of sp³-hybridized carbons (Fsp3) is 0.250. The van der Waals surface area contributed by atoms with Crippen LogP contribution >= 0.6 is 0 Å². The smallest absolute Gasteiger partial charge is 0.410 e. The van der Waals surface area contributed by atoms with Crippen molar-refractivity contribution in [3.05, 3.63) is 75.6 Å². The van der Waals surface area contributed by atoms with E-state index in [-0.39, 0.29) is 35.3 Å². The molecule has 0 bridgehead atoms. The standard InChI is InChI=1S/C20H18FN5O5/c21-16-7-3-1-5-14(16)13-25-20(22-19(23-25)26(28)29)31-17-8-4-2-6-15(17)18(27)24-9-11-30-12-10-24/h1-8H,9-13H2. The second-order valence-corrected chi connectivity index (χ2v) is 6.70. The number of hydrogen-bond acceptors (Lipinski definition) is 7. The Hall–Kier alpha value is -3.86. The number of halogens is 1. The number of morpholine rings is 1. The molecule has 11 heteroatoms. The van der Waals surface area contributed by atoms with Gasteiger partial charge in [-0.1, -0.05) is 30.3 Å². The van der Waals surface area contributed by atoms with Crippen LogP contribution in [0.1, 0.15) is 15.9 Å². The molecule has 0 aliphatic carbocycles. The summed E-state index contributed by atoms with van der Waals surface area (Å²) in [6.45, 7) is 1.64. The van der Waals surface area contributed by atoms with Gasteiger partial charge >= 0.3 is 12.0 Å². The second-order valence-electron chi connectivity index (χ2n) is 6.70. The Balaban J connectivity index is 1.66. The van der Waals surface area contributed by atoms with E-state index >= 15 is 0 Å². The average Bonchev–Trinajstić information content (AvgIpc) is 3.18. The van der Waals surface area contributed by atoms with Crippen LogP contribution in [0.5, 0.6) is 11.8 Å². The Labute approximate surface area is 176 Å². The summed E-state index contributed by atoms with van der Waals surface area (Å²) in [4.78, 5) is 28.8. The number of nitrogens with zero attached hydrogens (tertiary/aromatic N) is 5. The lowest BCUT2D eigenvalue weighted by Crippen LogP contribution is -2.40. The van der Waals surface area contributed by atoms with Gasteiger partial charge in [0.15, 0.2) is 0 Å². The zero-order valence-electron chi connectivity index (χ0n) is 16.3. The van der Waals surface area contributed by atoms with Crippen molar-refractivity contribution in [2.75, 3.05) is 26.3 Å². The molecular weight excluding hydrogens is 409 g/mol. The van der Waals surface area contributed by atoms with Crippen LogP contribution in [0.3, 0.4) is 0 Å². The molecule has 0 saturated carbocycles. The number of benzene rings is 2. The summed E-state index contributed by atoms with van der Waals surface area (Å²) in [6.07, 6.45) is 0. The summed E-state index contributed by atoms with van der Waals surface area (Å²) in [5.74, 6) is -1.28. The summed E-state index contributed by atoms with van der Waals surface area (Å²) in [7, 11) is 0. The SMILES string of the molecule is O=C(c1ccccc1Oc1nc([N+](=O)[O-])nn1Cc1ccccc1F)N1CCOCC1. The number of nitro groups is 1. The fourth-order valence-electron chi connectivity index (χ4n) is 3.13. The predicted molar refractivity (Wildman–Crippen MR) is 105 cm³/mol. The minimum atomic E-state index is -0.768. The van der Waals surface area contributed by atoms with E-state index in [1.54, 1.807) is 35.2 Å². The van der Waals surface area contributed by atoms with E-state index in [0.717, 1.165) is 4.68 Å². The lowest BCUT2D eigenvalue weighted by molar-refractivity contribution is -0.394. The molecule has 1 saturated heterocycles. The van der Waals surface area contributed by atoms with Gasteiger partial charge < -0.3 is 24.5 Å². The van der Waals surface area contributed by atoms with Crippen molar-refractivity contribution in [2.45, 2.75) is 6.54 Å². The van der Waals surface area contributed by atoms with Crippen LogP contribution in [-0.2, 0) is 11.3 Å². The van der Waals surface area contributed by atoms with Crippen LogP contribution in [0.4, 0.5) is 10.3 Å². The van der Waals surface area contributed by atoms with Crippen molar-refractivity contribution < 1.29 is 23.6 Å². The maximum Gasteiger partial charge on any atom is 0.494 e. The summed E-state index contributed by atoms with van der Waals surface area (Å²) in [5, 5.41) is 15.0. The molecule has 0 atom stereocenters. The first kappa shape index (κ1) is 20.4. The van der Waals surface area contributed by atoms with Crippen molar-refractivity contribution in [1.29, 1.82) is 0 Å². The molecule has 4 rings (SSSR count). The molecule has 3 aromatic rings. The average molecular weight is 427 g/mol. The van der Waals surface area contributed by atoms with Crippen LogP contribution < -0.4 is 4.74 Å². The van der Waals surface area contributed by atoms with E-state index in [9.17, 15) is 19.3 Å². The first-order valence-corrected chi connectivity index (χ1v) is 9.49. The molecule has 2 aromatic carbocycles. The van der Waals surface area contributed by atoms with E-state index in [2.05, 4.69) is 10.1 Å². The van der Waals surface area contributed by atoms with E-state index in [4.69, 9.17) is 9.47 Å². The van der Waals surface area contributed by atoms with Gasteiger partial charge in [0.05, 0.1) is 25.3 Å². The molecule has 10 nitrogen and oxygen atoms in total. The number of hydrogen-bond donors (Lipinski definition) is 0. The third-order valence-corrected chi connectivity index (χ3v) is 4.68. The molecule has 31 heavy (non-hydrogen) atoms. The molecule has 0 N–H and O–H groups in total. The summed E-state index contributed by atoms with van der Waals surface area (Å²) >= 11 is 0. The number of para-hydroxylation sites is 1. The monoisotopic (exact) mass is 427 g/mol. The van der Waals surface area contributed by atoms with Crippen molar-refractivity contribution in [3.63, 3.8) is 0 Å². The molecule has 1 amide bonds. The highest BCUT2D eigenvalue weighted by atomic mass is 19.1. The van der Waals surface area contributed by atoms with E-state index in [1.165, 1.54) is 18.2 Å². The summed E-state index contributed by atoms with van der Waals surface area (Å²) in [6, 6.07) is 12.3. The normalized spacial score (nSPS) is 13.8. The molecular formula is C20H18FN5O5. The lowest BCUT2D eigenvalue weighted by atomic mass is 10.1.